The molecule has 0 heterocycles. The van der Waals surface area contributed by atoms with Gasteiger partial charge in [0.1, 0.15) is 0 Å². The zero-order chi connectivity index (χ0) is 8.91. The number of hydrogen-bond donors (Lipinski definition) is 0. The van der Waals surface area contributed by atoms with Gasteiger partial charge >= 0.3 is 5.97 Å². The van der Waals surface area contributed by atoms with E-state index < -0.39 is 0 Å². The van der Waals surface area contributed by atoms with Crippen molar-refractivity contribution in [3.05, 3.63) is 0 Å². The van der Waals surface area contributed by atoms with E-state index in [1.165, 1.54) is 7.11 Å². The Morgan fingerprint density at radius 2 is 2.09 bits per heavy atom. The summed E-state index contributed by atoms with van der Waals surface area (Å²) in [6.07, 6.45) is 1.58. The summed E-state index contributed by atoms with van der Waals surface area (Å²) >= 11 is 2.32. The predicted molar refractivity (Wildman–Crippen MR) is 53.9 cm³/mol. The van der Waals surface area contributed by atoms with E-state index in [4.69, 9.17) is 0 Å². The quantitative estimate of drug-likeness (QED) is 0.445. The van der Waals surface area contributed by atoms with Crippen molar-refractivity contribution in [3.63, 3.8) is 0 Å². The van der Waals surface area contributed by atoms with Crippen LogP contribution in [0.1, 0.15) is 26.7 Å². The van der Waals surface area contributed by atoms with E-state index in [0.717, 1.165) is 10.8 Å². The Labute approximate surface area is 81.8 Å². The molecule has 0 radical (unpaired) electrons. The third-order valence-corrected chi connectivity index (χ3v) is 2.16. The summed E-state index contributed by atoms with van der Waals surface area (Å²) in [5.74, 6) is -0.111. The van der Waals surface area contributed by atoms with Gasteiger partial charge in [-0.25, -0.2) is 0 Å². The summed E-state index contributed by atoms with van der Waals surface area (Å²) in [4.78, 5) is 10.9. The molecule has 0 spiro atoms. The van der Waals surface area contributed by atoms with E-state index in [-0.39, 0.29) is 11.4 Å². The minimum atomic E-state index is -0.111. The predicted octanol–water partition coefficient (Wildman–Crippen LogP) is 2.40. The molecule has 0 saturated heterocycles. The van der Waals surface area contributed by atoms with Crippen LogP contribution in [0, 0.1) is 5.41 Å². The molecule has 0 unspecified atom stereocenters. The number of ether oxygens (including phenoxy) is 1. The van der Waals surface area contributed by atoms with Crippen LogP contribution < -0.4 is 0 Å². The average Bonchev–Trinajstić information content (AvgIpc) is 1.86. The maximum absolute atomic E-state index is 10.9. The number of alkyl halides is 1. The zero-order valence-electron chi connectivity index (χ0n) is 7.32. The van der Waals surface area contributed by atoms with Gasteiger partial charge in [0, 0.05) is 4.43 Å². The fraction of sp³-hybridized carbons (Fsp3) is 0.875. The lowest BCUT2D eigenvalue weighted by molar-refractivity contribution is -0.142. The van der Waals surface area contributed by atoms with E-state index in [1.807, 2.05) is 0 Å². The highest BCUT2D eigenvalue weighted by molar-refractivity contribution is 14.1. The minimum absolute atomic E-state index is 0.0916. The highest BCUT2D eigenvalue weighted by Crippen LogP contribution is 2.26. The van der Waals surface area contributed by atoms with Crippen molar-refractivity contribution in [2.75, 3.05) is 11.5 Å². The SMILES string of the molecule is COC(=O)CC(C)(C)CCI. The Morgan fingerprint density at radius 3 is 2.45 bits per heavy atom. The van der Waals surface area contributed by atoms with E-state index in [0.29, 0.717) is 6.42 Å². The Hall–Kier alpha value is 0.200. The summed E-state index contributed by atoms with van der Waals surface area (Å²) < 4.78 is 5.68. The van der Waals surface area contributed by atoms with Crippen LogP contribution in [0.3, 0.4) is 0 Å². The maximum Gasteiger partial charge on any atom is 0.306 e. The van der Waals surface area contributed by atoms with Crippen molar-refractivity contribution in [1.82, 2.24) is 0 Å². The summed E-state index contributed by atoms with van der Waals surface area (Å²) in [5, 5.41) is 0. The molecule has 0 aromatic rings. The molecule has 0 aliphatic carbocycles. The van der Waals surface area contributed by atoms with Crippen LogP contribution in [-0.2, 0) is 9.53 Å². The Balaban J connectivity index is 3.80. The Kier molecular flexibility index (Phi) is 5.04. The highest BCUT2D eigenvalue weighted by Gasteiger charge is 2.21. The maximum atomic E-state index is 10.9. The van der Waals surface area contributed by atoms with Crippen molar-refractivity contribution in [1.29, 1.82) is 0 Å². The molecule has 0 atom stereocenters. The summed E-state index contributed by atoms with van der Waals surface area (Å²) in [6.45, 7) is 4.17. The number of halogens is 1. The second kappa shape index (κ2) is 4.95. The van der Waals surface area contributed by atoms with Crippen LogP contribution in [0.4, 0.5) is 0 Å². The lowest BCUT2D eigenvalue weighted by atomic mass is 9.87. The number of methoxy groups -OCH3 is 1. The van der Waals surface area contributed by atoms with E-state index in [1.54, 1.807) is 0 Å². The molecule has 0 fully saturated rings. The van der Waals surface area contributed by atoms with Crippen LogP contribution in [0.5, 0.6) is 0 Å². The van der Waals surface area contributed by atoms with E-state index >= 15 is 0 Å². The second-order valence-electron chi connectivity index (χ2n) is 3.36. The molecule has 0 aromatic carbocycles. The first-order valence-corrected chi connectivity index (χ1v) is 5.17. The Morgan fingerprint density at radius 1 is 1.55 bits per heavy atom. The third-order valence-electron chi connectivity index (χ3n) is 1.62. The van der Waals surface area contributed by atoms with Crippen LogP contribution in [0.25, 0.3) is 0 Å². The van der Waals surface area contributed by atoms with Crippen LogP contribution in [0.15, 0.2) is 0 Å². The minimum Gasteiger partial charge on any atom is -0.469 e. The lowest BCUT2D eigenvalue weighted by Crippen LogP contribution is -2.18. The first-order valence-electron chi connectivity index (χ1n) is 3.64. The molecule has 0 aromatic heterocycles. The van der Waals surface area contributed by atoms with Gasteiger partial charge in [0.05, 0.1) is 13.5 Å². The molecule has 66 valence electrons. The van der Waals surface area contributed by atoms with Gasteiger partial charge in [-0.1, -0.05) is 36.4 Å². The van der Waals surface area contributed by atoms with Gasteiger partial charge in [-0.05, 0) is 11.8 Å². The van der Waals surface area contributed by atoms with E-state index in [2.05, 4.69) is 41.2 Å². The number of hydrogen-bond acceptors (Lipinski definition) is 2. The van der Waals surface area contributed by atoms with Gasteiger partial charge in [-0.2, -0.15) is 0 Å². The highest BCUT2D eigenvalue weighted by atomic mass is 127. The largest absolute Gasteiger partial charge is 0.469 e. The standard InChI is InChI=1S/C8H15IO2/c1-8(2,4-5-9)6-7(10)11-3/h4-6H2,1-3H3. The molecule has 0 aliphatic heterocycles. The second-order valence-corrected chi connectivity index (χ2v) is 4.43. The van der Waals surface area contributed by atoms with E-state index in [9.17, 15) is 4.79 Å². The monoisotopic (exact) mass is 270 g/mol. The number of esters is 1. The lowest BCUT2D eigenvalue weighted by Gasteiger charge is -2.21. The van der Waals surface area contributed by atoms with Crippen LogP contribution >= 0.6 is 22.6 Å². The molecule has 2 nitrogen and oxygen atoms in total. The van der Waals surface area contributed by atoms with Crippen molar-refractivity contribution < 1.29 is 9.53 Å². The number of carbonyl (C=O) groups excluding carboxylic acids is 1. The van der Waals surface area contributed by atoms with Gasteiger partial charge in [-0.3, -0.25) is 4.79 Å². The third kappa shape index (κ3) is 5.47. The summed E-state index contributed by atoms with van der Waals surface area (Å²) in [6, 6.07) is 0. The fourth-order valence-corrected chi connectivity index (χ4v) is 2.27. The normalized spacial score (nSPS) is 11.3. The van der Waals surface area contributed by atoms with Crippen molar-refractivity contribution in [2.24, 2.45) is 5.41 Å². The van der Waals surface area contributed by atoms with Crippen molar-refractivity contribution in [3.8, 4) is 0 Å². The summed E-state index contributed by atoms with van der Waals surface area (Å²) in [5.41, 5.74) is 0.0916. The Bertz CT molecular complexity index is 132. The summed E-state index contributed by atoms with van der Waals surface area (Å²) in [7, 11) is 1.43. The van der Waals surface area contributed by atoms with Gasteiger partial charge < -0.3 is 4.74 Å². The van der Waals surface area contributed by atoms with Gasteiger partial charge in [-0.15, -0.1) is 0 Å². The van der Waals surface area contributed by atoms with Gasteiger partial charge in [0.15, 0.2) is 0 Å². The first kappa shape index (κ1) is 11.2. The molecule has 0 rings (SSSR count). The molecule has 11 heavy (non-hydrogen) atoms. The molecule has 0 saturated carbocycles. The van der Waals surface area contributed by atoms with Gasteiger partial charge in [0.2, 0.25) is 0 Å². The molecule has 0 bridgehead atoms. The number of rotatable bonds is 4. The zero-order valence-corrected chi connectivity index (χ0v) is 9.47. The molecule has 0 amide bonds. The van der Waals surface area contributed by atoms with Crippen LogP contribution in [-0.4, -0.2) is 17.5 Å². The molecule has 3 heteroatoms. The molecular weight excluding hydrogens is 255 g/mol. The van der Waals surface area contributed by atoms with Gasteiger partial charge in [0.25, 0.3) is 0 Å². The molecule has 0 N–H and O–H groups in total. The topological polar surface area (TPSA) is 26.3 Å². The van der Waals surface area contributed by atoms with Crippen LogP contribution in [0.2, 0.25) is 0 Å². The number of carbonyl (C=O) groups is 1. The smallest absolute Gasteiger partial charge is 0.306 e. The fourth-order valence-electron chi connectivity index (χ4n) is 0.807. The first-order chi connectivity index (χ1) is 5.02. The molecule has 0 aliphatic rings. The average molecular weight is 270 g/mol. The molecular formula is C8H15IO2. The van der Waals surface area contributed by atoms with Crippen molar-refractivity contribution in [2.45, 2.75) is 26.7 Å². The van der Waals surface area contributed by atoms with Crippen molar-refractivity contribution >= 4 is 28.6 Å².